The van der Waals surface area contributed by atoms with Gasteiger partial charge in [0.1, 0.15) is 0 Å². The summed E-state index contributed by atoms with van der Waals surface area (Å²) in [5.74, 6) is -0.0841. The highest BCUT2D eigenvalue weighted by molar-refractivity contribution is 5.76. The number of esters is 1. The van der Waals surface area contributed by atoms with E-state index in [-0.39, 0.29) is 18.5 Å². The van der Waals surface area contributed by atoms with Crippen molar-refractivity contribution in [3.8, 4) is 0 Å². The molecule has 65 heavy (non-hydrogen) atoms. The summed E-state index contributed by atoms with van der Waals surface area (Å²) in [5, 5.41) is 23.3. The van der Waals surface area contributed by atoms with Gasteiger partial charge in [0.2, 0.25) is 5.91 Å². The number of hydrogen-bond donors (Lipinski definition) is 3. The molecule has 0 saturated carbocycles. The predicted molar refractivity (Wildman–Crippen MR) is 283 cm³/mol. The van der Waals surface area contributed by atoms with Crippen molar-refractivity contribution in [1.82, 2.24) is 5.32 Å². The number of hydrogen-bond acceptors (Lipinski definition) is 5. The number of nitrogens with one attached hydrogen (secondary N) is 1. The molecule has 0 aliphatic heterocycles. The molecule has 0 aliphatic carbocycles. The third kappa shape index (κ3) is 51.6. The second kappa shape index (κ2) is 54.9. The number of ether oxygens (including phenoxy) is 1. The van der Waals surface area contributed by atoms with Crippen LogP contribution in [-0.2, 0) is 14.3 Å². The molecular formula is C59H113NO5. The molecule has 0 aliphatic rings. The SMILES string of the molecule is CCCCCCCC/C=C\CCCCCCCCCC(=O)OCCCCC/C=C\CCCCCCCC(=O)NC(CO)C(O)CCCCCCCCCCCCCCCCCCCCC. The largest absolute Gasteiger partial charge is 0.466 e. The number of rotatable bonds is 54. The van der Waals surface area contributed by atoms with Gasteiger partial charge in [0.05, 0.1) is 25.4 Å². The smallest absolute Gasteiger partial charge is 0.305 e. The number of unbranched alkanes of at least 4 members (excludes halogenated alkanes) is 39. The van der Waals surface area contributed by atoms with Crippen LogP contribution in [0, 0.1) is 0 Å². The van der Waals surface area contributed by atoms with Crippen molar-refractivity contribution in [2.24, 2.45) is 0 Å². The minimum absolute atomic E-state index is 0.0255. The summed E-state index contributed by atoms with van der Waals surface area (Å²) in [6, 6.07) is -0.561. The molecule has 6 nitrogen and oxygen atoms in total. The molecule has 6 heteroatoms. The molecule has 1 amide bonds. The number of carbonyl (C=O) groups excluding carboxylic acids is 2. The van der Waals surface area contributed by atoms with Crippen LogP contribution in [0.2, 0.25) is 0 Å². The average molecular weight is 917 g/mol. The normalized spacial score (nSPS) is 12.7. The molecule has 0 aromatic heterocycles. The van der Waals surface area contributed by atoms with Gasteiger partial charge in [0, 0.05) is 12.8 Å². The van der Waals surface area contributed by atoms with E-state index in [1.807, 2.05) is 0 Å². The van der Waals surface area contributed by atoms with Crippen LogP contribution in [0.3, 0.4) is 0 Å². The minimum atomic E-state index is -0.681. The molecular weight excluding hydrogens is 803 g/mol. The van der Waals surface area contributed by atoms with Gasteiger partial charge in [-0.1, -0.05) is 244 Å². The van der Waals surface area contributed by atoms with E-state index in [2.05, 4.69) is 43.5 Å². The second-order valence-electron chi connectivity index (χ2n) is 20.0. The van der Waals surface area contributed by atoms with Gasteiger partial charge in [-0.05, 0) is 83.5 Å². The zero-order chi connectivity index (χ0) is 47.2. The highest BCUT2D eigenvalue weighted by Gasteiger charge is 2.20. The average Bonchev–Trinajstić information content (AvgIpc) is 3.31. The molecule has 0 bridgehead atoms. The highest BCUT2D eigenvalue weighted by Crippen LogP contribution is 2.17. The van der Waals surface area contributed by atoms with E-state index in [1.165, 1.54) is 205 Å². The molecule has 384 valence electrons. The van der Waals surface area contributed by atoms with Gasteiger partial charge in [-0.15, -0.1) is 0 Å². The molecule has 0 fully saturated rings. The number of amides is 1. The summed E-state index contributed by atoms with van der Waals surface area (Å²) in [4.78, 5) is 24.6. The van der Waals surface area contributed by atoms with Crippen LogP contribution in [0.15, 0.2) is 24.3 Å². The van der Waals surface area contributed by atoms with Crippen molar-refractivity contribution in [2.45, 2.75) is 328 Å². The van der Waals surface area contributed by atoms with Crippen LogP contribution >= 0.6 is 0 Å². The lowest BCUT2D eigenvalue weighted by atomic mass is 10.0. The van der Waals surface area contributed by atoms with E-state index >= 15 is 0 Å². The van der Waals surface area contributed by atoms with Gasteiger partial charge < -0.3 is 20.3 Å². The summed E-state index contributed by atoms with van der Waals surface area (Å²) < 4.78 is 5.46. The van der Waals surface area contributed by atoms with E-state index in [9.17, 15) is 19.8 Å². The van der Waals surface area contributed by atoms with Crippen LogP contribution in [-0.4, -0.2) is 47.4 Å². The Balaban J connectivity index is 3.49. The Bertz CT molecular complexity index is 1010. The van der Waals surface area contributed by atoms with Crippen LogP contribution in [0.25, 0.3) is 0 Å². The van der Waals surface area contributed by atoms with Gasteiger partial charge in [-0.2, -0.15) is 0 Å². The Morgan fingerprint density at radius 3 is 1.09 bits per heavy atom. The summed E-state index contributed by atoms with van der Waals surface area (Å²) >= 11 is 0. The number of aliphatic hydroxyl groups excluding tert-OH is 2. The Labute approximate surface area is 405 Å². The summed E-state index contributed by atoms with van der Waals surface area (Å²) in [6.45, 7) is 4.91. The quantitative estimate of drug-likeness (QED) is 0.0321. The molecule has 3 N–H and O–H groups in total. The molecule has 0 heterocycles. The third-order valence-corrected chi connectivity index (χ3v) is 13.5. The minimum Gasteiger partial charge on any atom is -0.466 e. The lowest BCUT2D eigenvalue weighted by Crippen LogP contribution is -2.45. The maximum absolute atomic E-state index is 12.5. The third-order valence-electron chi connectivity index (χ3n) is 13.5. The van der Waals surface area contributed by atoms with E-state index < -0.39 is 12.1 Å². The first-order valence-electron chi connectivity index (χ1n) is 29.1. The van der Waals surface area contributed by atoms with Gasteiger partial charge in [0.15, 0.2) is 0 Å². The molecule has 2 atom stereocenters. The fourth-order valence-electron chi connectivity index (χ4n) is 8.98. The van der Waals surface area contributed by atoms with E-state index in [4.69, 9.17) is 4.74 Å². The lowest BCUT2D eigenvalue weighted by Gasteiger charge is -2.22. The number of carbonyl (C=O) groups is 2. The first-order chi connectivity index (χ1) is 32.0. The molecule has 0 spiro atoms. The van der Waals surface area contributed by atoms with E-state index in [1.54, 1.807) is 0 Å². The van der Waals surface area contributed by atoms with Gasteiger partial charge >= 0.3 is 5.97 Å². The molecule has 0 rings (SSSR count). The first-order valence-corrected chi connectivity index (χ1v) is 29.1. The van der Waals surface area contributed by atoms with E-state index in [0.29, 0.717) is 25.9 Å². The van der Waals surface area contributed by atoms with Crippen molar-refractivity contribution in [1.29, 1.82) is 0 Å². The Morgan fingerprint density at radius 1 is 0.415 bits per heavy atom. The summed E-state index contributed by atoms with van der Waals surface area (Å²) in [5.41, 5.74) is 0. The van der Waals surface area contributed by atoms with Crippen molar-refractivity contribution >= 4 is 11.9 Å². The maximum Gasteiger partial charge on any atom is 0.305 e. The zero-order valence-electron chi connectivity index (χ0n) is 43.7. The van der Waals surface area contributed by atoms with Gasteiger partial charge in [0.25, 0.3) is 0 Å². The fraction of sp³-hybridized carbons (Fsp3) is 0.898. The first kappa shape index (κ1) is 63.3. The Hall–Kier alpha value is -1.66. The van der Waals surface area contributed by atoms with Crippen LogP contribution < -0.4 is 5.32 Å². The standard InChI is InChI=1S/C59H113NO5/c1-3-5-7-9-11-13-15-17-19-21-22-24-25-27-31-35-39-43-47-51-57(62)56(55-61)60-58(63)52-48-44-40-36-32-29-30-34-38-42-46-50-54-65-59(64)53-49-45-41-37-33-28-26-23-20-18-16-14-12-10-8-6-4-2/h18,20,30,34,56-57,61-62H,3-17,19,21-29,31-33,35-55H2,1-2H3,(H,60,63)/b20-18-,34-30-. The molecule has 0 saturated heterocycles. The van der Waals surface area contributed by atoms with Crippen LogP contribution in [0.1, 0.15) is 316 Å². The Morgan fingerprint density at radius 2 is 0.723 bits per heavy atom. The monoisotopic (exact) mass is 916 g/mol. The lowest BCUT2D eigenvalue weighted by molar-refractivity contribution is -0.143. The maximum atomic E-state index is 12.5. The van der Waals surface area contributed by atoms with Crippen LogP contribution in [0.4, 0.5) is 0 Å². The van der Waals surface area contributed by atoms with Crippen molar-refractivity contribution in [3.63, 3.8) is 0 Å². The van der Waals surface area contributed by atoms with Crippen molar-refractivity contribution in [2.75, 3.05) is 13.2 Å². The van der Waals surface area contributed by atoms with Crippen molar-refractivity contribution in [3.05, 3.63) is 24.3 Å². The molecule has 0 aromatic rings. The molecule has 0 radical (unpaired) electrons. The molecule has 2 unspecified atom stereocenters. The fourth-order valence-corrected chi connectivity index (χ4v) is 8.98. The second-order valence-corrected chi connectivity index (χ2v) is 20.0. The zero-order valence-corrected chi connectivity index (χ0v) is 43.7. The van der Waals surface area contributed by atoms with Gasteiger partial charge in [-0.3, -0.25) is 9.59 Å². The van der Waals surface area contributed by atoms with Gasteiger partial charge in [-0.25, -0.2) is 0 Å². The number of allylic oxidation sites excluding steroid dienone is 4. The van der Waals surface area contributed by atoms with Crippen molar-refractivity contribution < 1.29 is 24.5 Å². The summed E-state index contributed by atoms with van der Waals surface area (Å²) in [6.07, 6.45) is 65.9. The topological polar surface area (TPSA) is 95.9 Å². The van der Waals surface area contributed by atoms with Crippen LogP contribution in [0.5, 0.6) is 0 Å². The molecule has 0 aromatic carbocycles. The summed E-state index contributed by atoms with van der Waals surface area (Å²) in [7, 11) is 0. The predicted octanol–water partition coefficient (Wildman–Crippen LogP) is 17.9. The Kier molecular flexibility index (Phi) is 53.5. The van der Waals surface area contributed by atoms with E-state index in [0.717, 1.165) is 77.0 Å². The number of aliphatic hydroxyl groups is 2. The highest BCUT2D eigenvalue weighted by atomic mass is 16.5.